The summed E-state index contributed by atoms with van der Waals surface area (Å²) in [6.07, 6.45) is -1.52. The van der Waals surface area contributed by atoms with Crippen LogP contribution in [0.25, 0.3) is 0 Å². The van der Waals surface area contributed by atoms with E-state index in [9.17, 15) is 18.0 Å². The van der Waals surface area contributed by atoms with Crippen LogP contribution < -0.4 is 0 Å². The van der Waals surface area contributed by atoms with E-state index in [1.807, 2.05) is 13.8 Å². The van der Waals surface area contributed by atoms with E-state index in [1.165, 1.54) is 0 Å². The monoisotopic (exact) mass is 226 g/mol. The van der Waals surface area contributed by atoms with Gasteiger partial charge in [0.05, 0.1) is 6.61 Å². The number of esters is 1. The first-order valence-electron chi connectivity index (χ1n) is 5.15. The summed E-state index contributed by atoms with van der Waals surface area (Å²) in [5.74, 6) is -2.04. The Morgan fingerprint density at radius 3 is 2.00 bits per heavy atom. The molecule has 0 heterocycles. The van der Waals surface area contributed by atoms with Crippen LogP contribution >= 0.6 is 0 Å². The molecule has 0 atom stereocenters. The zero-order valence-corrected chi connectivity index (χ0v) is 9.06. The molecule has 0 fully saturated rings. The van der Waals surface area contributed by atoms with Crippen LogP contribution in [-0.2, 0) is 9.53 Å². The molecule has 0 amide bonds. The van der Waals surface area contributed by atoms with Crippen molar-refractivity contribution >= 4 is 5.97 Å². The number of ether oxygens (including phenoxy) is 1. The Morgan fingerprint density at radius 2 is 1.67 bits per heavy atom. The van der Waals surface area contributed by atoms with Crippen molar-refractivity contribution in [1.29, 1.82) is 0 Å². The SMILES string of the molecule is CCCC(CCC)COC(=O)C(F)(F)F. The molecular formula is C10H17F3O2. The highest BCUT2D eigenvalue weighted by Gasteiger charge is 2.41. The highest BCUT2D eigenvalue weighted by molar-refractivity contribution is 5.75. The highest BCUT2D eigenvalue weighted by Crippen LogP contribution is 2.19. The van der Waals surface area contributed by atoms with E-state index in [1.54, 1.807) is 0 Å². The number of halogens is 3. The third kappa shape index (κ3) is 6.36. The average Bonchev–Trinajstić information content (AvgIpc) is 2.12. The molecule has 0 rings (SSSR count). The van der Waals surface area contributed by atoms with Crippen molar-refractivity contribution in [2.75, 3.05) is 6.61 Å². The van der Waals surface area contributed by atoms with Crippen molar-refractivity contribution in [1.82, 2.24) is 0 Å². The molecule has 0 saturated carbocycles. The van der Waals surface area contributed by atoms with Crippen molar-refractivity contribution in [3.63, 3.8) is 0 Å². The summed E-state index contributed by atoms with van der Waals surface area (Å²) in [7, 11) is 0. The number of hydrogen-bond acceptors (Lipinski definition) is 2. The Balaban J connectivity index is 3.93. The predicted molar refractivity (Wildman–Crippen MR) is 50.3 cm³/mol. The van der Waals surface area contributed by atoms with Crippen molar-refractivity contribution in [2.45, 2.75) is 45.7 Å². The van der Waals surface area contributed by atoms with Crippen molar-refractivity contribution in [3.05, 3.63) is 0 Å². The fraction of sp³-hybridized carbons (Fsp3) is 0.900. The summed E-state index contributed by atoms with van der Waals surface area (Å²) in [5, 5.41) is 0. The lowest BCUT2D eigenvalue weighted by Gasteiger charge is -2.15. The molecule has 0 radical (unpaired) electrons. The van der Waals surface area contributed by atoms with Crippen molar-refractivity contribution < 1.29 is 22.7 Å². The third-order valence-electron chi connectivity index (χ3n) is 2.08. The molecule has 0 N–H and O–H groups in total. The van der Waals surface area contributed by atoms with Gasteiger partial charge in [0.2, 0.25) is 0 Å². The van der Waals surface area contributed by atoms with Gasteiger partial charge in [-0.05, 0) is 18.8 Å². The van der Waals surface area contributed by atoms with E-state index >= 15 is 0 Å². The van der Waals surface area contributed by atoms with Gasteiger partial charge < -0.3 is 4.74 Å². The Morgan fingerprint density at radius 1 is 1.20 bits per heavy atom. The molecule has 0 aromatic rings. The standard InChI is InChI=1S/C10H17F3O2/c1-3-5-8(6-4-2)7-15-9(14)10(11,12)13/h8H,3-7H2,1-2H3. The Labute approximate surface area is 87.8 Å². The minimum absolute atomic E-state index is 0.0475. The summed E-state index contributed by atoms with van der Waals surface area (Å²) < 4.78 is 39.6. The summed E-state index contributed by atoms with van der Waals surface area (Å²) in [5.41, 5.74) is 0. The lowest BCUT2D eigenvalue weighted by molar-refractivity contribution is -0.201. The normalized spacial score (nSPS) is 11.9. The lowest BCUT2D eigenvalue weighted by Crippen LogP contribution is -2.27. The number of alkyl halides is 3. The van der Waals surface area contributed by atoms with Crippen LogP contribution in [-0.4, -0.2) is 18.8 Å². The summed E-state index contributed by atoms with van der Waals surface area (Å²) >= 11 is 0. The third-order valence-corrected chi connectivity index (χ3v) is 2.08. The lowest BCUT2D eigenvalue weighted by atomic mass is 9.99. The first kappa shape index (κ1) is 14.3. The van der Waals surface area contributed by atoms with Crippen molar-refractivity contribution in [3.8, 4) is 0 Å². The molecular weight excluding hydrogens is 209 g/mol. The Bertz CT molecular complexity index is 184. The predicted octanol–water partition coefficient (Wildman–Crippen LogP) is 3.31. The smallest absolute Gasteiger partial charge is 0.459 e. The quantitative estimate of drug-likeness (QED) is 0.649. The number of carbonyl (C=O) groups is 1. The van der Waals surface area contributed by atoms with Crippen LogP contribution in [0.3, 0.4) is 0 Å². The average molecular weight is 226 g/mol. The van der Waals surface area contributed by atoms with Crippen LogP contribution in [0.15, 0.2) is 0 Å². The summed E-state index contributed by atoms with van der Waals surface area (Å²) in [4.78, 5) is 10.4. The molecule has 0 aliphatic carbocycles. The number of carbonyl (C=O) groups excluding carboxylic acids is 1. The van der Waals surface area contributed by atoms with Gasteiger partial charge in [0.15, 0.2) is 0 Å². The maximum Gasteiger partial charge on any atom is 0.490 e. The molecule has 0 aromatic heterocycles. The number of hydrogen-bond donors (Lipinski definition) is 0. The van der Waals surface area contributed by atoms with Gasteiger partial charge in [-0.1, -0.05) is 26.7 Å². The van der Waals surface area contributed by atoms with Gasteiger partial charge >= 0.3 is 12.1 Å². The molecule has 90 valence electrons. The van der Waals surface area contributed by atoms with E-state index in [4.69, 9.17) is 0 Å². The molecule has 0 aliphatic heterocycles. The van der Waals surface area contributed by atoms with E-state index in [0.717, 1.165) is 25.7 Å². The van der Waals surface area contributed by atoms with Gasteiger partial charge in [0.1, 0.15) is 0 Å². The minimum Gasteiger partial charge on any atom is -0.459 e. The zero-order chi connectivity index (χ0) is 11.9. The number of rotatable bonds is 6. The molecule has 2 nitrogen and oxygen atoms in total. The second kappa shape index (κ2) is 6.69. The molecule has 0 unspecified atom stereocenters. The fourth-order valence-electron chi connectivity index (χ4n) is 1.40. The first-order valence-corrected chi connectivity index (χ1v) is 5.15. The van der Waals surface area contributed by atoms with Gasteiger partial charge in [-0.3, -0.25) is 0 Å². The second-order valence-electron chi connectivity index (χ2n) is 3.54. The van der Waals surface area contributed by atoms with Crippen LogP contribution in [0.1, 0.15) is 39.5 Å². The maximum absolute atomic E-state index is 11.8. The maximum atomic E-state index is 11.8. The van der Waals surface area contributed by atoms with E-state index in [-0.39, 0.29) is 12.5 Å². The largest absolute Gasteiger partial charge is 0.490 e. The van der Waals surface area contributed by atoms with E-state index in [2.05, 4.69) is 4.74 Å². The Kier molecular flexibility index (Phi) is 6.36. The van der Waals surface area contributed by atoms with Gasteiger partial charge in [-0.2, -0.15) is 13.2 Å². The first-order chi connectivity index (χ1) is 6.91. The molecule has 15 heavy (non-hydrogen) atoms. The minimum atomic E-state index is -4.87. The topological polar surface area (TPSA) is 26.3 Å². The molecule has 0 bridgehead atoms. The molecule has 0 spiro atoms. The van der Waals surface area contributed by atoms with Crippen LogP contribution in [0.4, 0.5) is 13.2 Å². The molecule has 0 saturated heterocycles. The summed E-state index contributed by atoms with van der Waals surface area (Å²) in [6, 6.07) is 0. The van der Waals surface area contributed by atoms with Crippen LogP contribution in [0.2, 0.25) is 0 Å². The Hall–Kier alpha value is -0.740. The van der Waals surface area contributed by atoms with Gasteiger partial charge in [0, 0.05) is 0 Å². The van der Waals surface area contributed by atoms with Gasteiger partial charge in [-0.25, -0.2) is 4.79 Å². The van der Waals surface area contributed by atoms with Gasteiger partial charge in [-0.15, -0.1) is 0 Å². The van der Waals surface area contributed by atoms with E-state index in [0.29, 0.717) is 0 Å². The van der Waals surface area contributed by atoms with Gasteiger partial charge in [0.25, 0.3) is 0 Å². The van der Waals surface area contributed by atoms with Crippen molar-refractivity contribution in [2.24, 2.45) is 5.92 Å². The highest BCUT2D eigenvalue weighted by atomic mass is 19.4. The second-order valence-corrected chi connectivity index (χ2v) is 3.54. The van der Waals surface area contributed by atoms with E-state index < -0.39 is 12.1 Å². The molecule has 0 aliphatic rings. The van der Waals surface area contributed by atoms with Crippen LogP contribution in [0, 0.1) is 5.92 Å². The summed E-state index contributed by atoms with van der Waals surface area (Å²) in [6.45, 7) is 3.78. The van der Waals surface area contributed by atoms with Crippen LogP contribution in [0.5, 0.6) is 0 Å². The zero-order valence-electron chi connectivity index (χ0n) is 9.06. The fourth-order valence-corrected chi connectivity index (χ4v) is 1.40. The molecule has 0 aromatic carbocycles. The molecule has 5 heteroatoms.